The van der Waals surface area contributed by atoms with Crippen LogP contribution in [0.15, 0.2) is 35.2 Å². The van der Waals surface area contributed by atoms with Gasteiger partial charge in [-0.2, -0.15) is 13.2 Å². The van der Waals surface area contributed by atoms with Crippen LogP contribution in [0.1, 0.15) is 60.4 Å². The summed E-state index contributed by atoms with van der Waals surface area (Å²) >= 11 is 0. The van der Waals surface area contributed by atoms with E-state index in [1.165, 1.54) is 18.2 Å². The fourth-order valence-corrected chi connectivity index (χ4v) is 4.18. The molecular weight excluding hydrogens is 457 g/mol. The molecule has 0 aliphatic rings. The smallest absolute Gasteiger partial charge is 0.398 e. The average Bonchev–Trinajstić information content (AvgIpc) is 2.69. The minimum atomic E-state index is -4.65. The Bertz CT molecular complexity index is 1180. The molecule has 1 amide bonds. The summed E-state index contributed by atoms with van der Waals surface area (Å²) in [7, 11) is -3.40. The molecule has 0 saturated heterocycles. The second-order valence-corrected chi connectivity index (χ2v) is 9.80. The highest BCUT2D eigenvalue weighted by atomic mass is 32.2. The van der Waals surface area contributed by atoms with E-state index in [9.17, 15) is 26.4 Å². The van der Waals surface area contributed by atoms with Gasteiger partial charge in [0.2, 0.25) is 5.91 Å². The van der Waals surface area contributed by atoms with E-state index in [4.69, 9.17) is 11.5 Å². The maximum atomic E-state index is 13.1. The van der Waals surface area contributed by atoms with E-state index in [0.717, 1.165) is 18.4 Å². The molecule has 2 rings (SSSR count). The molecule has 0 aliphatic carbocycles. The monoisotopic (exact) mass is 484 g/mol. The average molecular weight is 485 g/mol. The van der Waals surface area contributed by atoms with Crippen LogP contribution in [0.3, 0.4) is 0 Å². The first-order chi connectivity index (χ1) is 15.1. The molecule has 0 spiro atoms. The number of nitrogens with two attached hydrogens (primary N) is 2. The van der Waals surface area contributed by atoms with E-state index in [2.05, 4.69) is 10.3 Å². The van der Waals surface area contributed by atoms with Gasteiger partial charge >= 0.3 is 6.18 Å². The number of carbonyl (C=O) groups excluding carboxylic acids is 1. The molecule has 2 atom stereocenters. The van der Waals surface area contributed by atoms with Crippen molar-refractivity contribution < 1.29 is 26.4 Å². The fraction of sp³-hybridized carbons (Fsp3) is 0.364. The van der Waals surface area contributed by atoms with Gasteiger partial charge in [0.1, 0.15) is 11.9 Å². The van der Waals surface area contributed by atoms with E-state index in [1.807, 2.05) is 0 Å². The van der Waals surface area contributed by atoms with Crippen LogP contribution in [0.2, 0.25) is 0 Å². The molecule has 0 fully saturated rings. The molecule has 11 heteroatoms. The Hall–Kier alpha value is -2.92. The van der Waals surface area contributed by atoms with Crippen LogP contribution in [0.5, 0.6) is 0 Å². The number of carbonyl (C=O) groups is 1. The highest BCUT2D eigenvalue weighted by molar-refractivity contribution is 7.90. The third-order valence-electron chi connectivity index (χ3n) is 5.15. The van der Waals surface area contributed by atoms with E-state index in [0.29, 0.717) is 17.5 Å². The van der Waals surface area contributed by atoms with Gasteiger partial charge in [0.25, 0.3) is 0 Å². The standard InChI is InChI=1S/C22H27F3N4O3S/c1-5-12(2)20-15(16(26)11-18(28-20)22(23,24)25)7-9-19(30)29-21(27)14-6-8-17(13(3)10-14)33(4,31)32/h6-12,21H,5,27H2,1-4H3,(H2,26,28)(H,29,30). The van der Waals surface area contributed by atoms with Crippen LogP contribution in [-0.2, 0) is 20.8 Å². The quantitative estimate of drug-likeness (QED) is 0.406. The number of aryl methyl sites for hydroxylation is 1. The van der Waals surface area contributed by atoms with Gasteiger partial charge in [-0.3, -0.25) is 4.79 Å². The van der Waals surface area contributed by atoms with Crippen molar-refractivity contribution in [1.29, 1.82) is 0 Å². The van der Waals surface area contributed by atoms with Crippen molar-refractivity contribution in [1.82, 2.24) is 10.3 Å². The lowest BCUT2D eigenvalue weighted by Crippen LogP contribution is -2.33. The number of rotatable bonds is 7. The van der Waals surface area contributed by atoms with Crippen molar-refractivity contribution in [3.8, 4) is 0 Å². The maximum absolute atomic E-state index is 13.1. The number of sulfone groups is 1. The van der Waals surface area contributed by atoms with Crippen LogP contribution in [-0.4, -0.2) is 25.6 Å². The zero-order chi connectivity index (χ0) is 25.1. The Morgan fingerprint density at radius 2 is 1.91 bits per heavy atom. The summed E-state index contributed by atoms with van der Waals surface area (Å²) in [5.41, 5.74) is 12.0. The fourth-order valence-electron chi connectivity index (χ4n) is 3.22. The molecule has 7 nitrogen and oxygen atoms in total. The molecule has 2 unspecified atom stereocenters. The molecular formula is C22H27F3N4O3S. The topological polar surface area (TPSA) is 128 Å². The molecule has 33 heavy (non-hydrogen) atoms. The number of benzene rings is 1. The molecule has 0 radical (unpaired) electrons. The molecule has 180 valence electrons. The number of nitrogens with one attached hydrogen (secondary N) is 1. The molecule has 0 saturated carbocycles. The number of anilines is 1. The number of pyridine rings is 1. The van der Waals surface area contributed by atoms with Crippen molar-refractivity contribution in [2.24, 2.45) is 5.73 Å². The van der Waals surface area contributed by atoms with Crippen LogP contribution >= 0.6 is 0 Å². The minimum absolute atomic E-state index is 0.144. The number of aromatic nitrogens is 1. The number of amides is 1. The summed E-state index contributed by atoms with van der Waals surface area (Å²) in [6, 6.07) is 5.21. The third-order valence-corrected chi connectivity index (χ3v) is 6.40. The van der Waals surface area contributed by atoms with Gasteiger partial charge in [0, 0.05) is 23.6 Å². The number of halogens is 3. The molecule has 5 N–H and O–H groups in total. The van der Waals surface area contributed by atoms with Gasteiger partial charge in [-0.15, -0.1) is 0 Å². The van der Waals surface area contributed by atoms with E-state index in [1.54, 1.807) is 26.8 Å². The summed E-state index contributed by atoms with van der Waals surface area (Å²) < 4.78 is 62.9. The van der Waals surface area contributed by atoms with Gasteiger partial charge in [-0.1, -0.05) is 26.0 Å². The molecule has 2 aromatic rings. The Labute approximate surface area is 191 Å². The highest BCUT2D eigenvalue weighted by Gasteiger charge is 2.34. The van der Waals surface area contributed by atoms with Gasteiger partial charge in [0.15, 0.2) is 9.84 Å². The summed E-state index contributed by atoms with van der Waals surface area (Å²) in [6.07, 6.45) is -1.54. The van der Waals surface area contributed by atoms with Crippen molar-refractivity contribution in [3.63, 3.8) is 0 Å². The molecule has 0 bridgehead atoms. The third kappa shape index (κ3) is 6.55. The van der Waals surface area contributed by atoms with Gasteiger partial charge in [0.05, 0.1) is 10.6 Å². The van der Waals surface area contributed by atoms with Crippen LogP contribution in [0.4, 0.5) is 18.9 Å². The highest BCUT2D eigenvalue weighted by Crippen LogP contribution is 2.34. The number of alkyl halides is 3. The zero-order valence-electron chi connectivity index (χ0n) is 18.7. The summed E-state index contributed by atoms with van der Waals surface area (Å²) in [5.74, 6) is -0.933. The largest absolute Gasteiger partial charge is 0.433 e. The van der Waals surface area contributed by atoms with E-state index < -0.39 is 33.8 Å². The molecule has 1 aromatic carbocycles. The lowest BCUT2D eigenvalue weighted by atomic mass is 9.97. The maximum Gasteiger partial charge on any atom is 0.433 e. The lowest BCUT2D eigenvalue weighted by molar-refractivity contribution is -0.141. The Morgan fingerprint density at radius 3 is 2.42 bits per heavy atom. The summed E-state index contributed by atoms with van der Waals surface area (Å²) in [6.45, 7) is 5.14. The van der Waals surface area contributed by atoms with Crippen LogP contribution in [0, 0.1) is 6.92 Å². The number of hydrogen-bond donors (Lipinski definition) is 3. The first kappa shape index (κ1) is 26.3. The first-order valence-corrected chi connectivity index (χ1v) is 12.0. The summed E-state index contributed by atoms with van der Waals surface area (Å²) in [4.78, 5) is 16.3. The Kier molecular flexibility index (Phi) is 7.91. The van der Waals surface area contributed by atoms with Crippen LogP contribution in [0.25, 0.3) is 6.08 Å². The predicted molar refractivity (Wildman–Crippen MR) is 121 cm³/mol. The Morgan fingerprint density at radius 1 is 1.27 bits per heavy atom. The second kappa shape index (κ2) is 9.92. The molecule has 1 heterocycles. The van der Waals surface area contributed by atoms with E-state index >= 15 is 0 Å². The van der Waals surface area contributed by atoms with Gasteiger partial charge in [-0.25, -0.2) is 13.4 Å². The Balaban J connectivity index is 2.27. The minimum Gasteiger partial charge on any atom is -0.398 e. The van der Waals surface area contributed by atoms with Crippen molar-refractivity contribution in [3.05, 3.63) is 58.4 Å². The van der Waals surface area contributed by atoms with Crippen molar-refractivity contribution in [2.45, 2.75) is 50.3 Å². The zero-order valence-corrected chi connectivity index (χ0v) is 19.5. The lowest BCUT2D eigenvalue weighted by Gasteiger charge is -2.17. The number of hydrogen-bond acceptors (Lipinski definition) is 6. The molecule has 0 aliphatic heterocycles. The first-order valence-electron chi connectivity index (χ1n) is 10.1. The number of nitrogens with zero attached hydrogens (tertiary/aromatic N) is 1. The van der Waals surface area contributed by atoms with Crippen molar-refractivity contribution >= 4 is 27.5 Å². The van der Waals surface area contributed by atoms with Crippen LogP contribution < -0.4 is 16.8 Å². The van der Waals surface area contributed by atoms with E-state index in [-0.39, 0.29) is 27.8 Å². The van der Waals surface area contributed by atoms with Crippen molar-refractivity contribution in [2.75, 3.05) is 12.0 Å². The second-order valence-electron chi connectivity index (χ2n) is 7.82. The summed E-state index contributed by atoms with van der Waals surface area (Å²) in [5, 5.41) is 2.53. The molecule has 1 aromatic heterocycles. The van der Waals surface area contributed by atoms with Gasteiger partial charge < -0.3 is 16.8 Å². The SMILES string of the molecule is CCC(C)c1nc(C(F)(F)F)cc(N)c1C=CC(=O)NC(N)c1ccc(S(C)(=O)=O)c(C)c1. The van der Waals surface area contributed by atoms with Gasteiger partial charge in [-0.05, 0) is 48.6 Å². The number of nitrogen functional groups attached to an aromatic ring is 1. The normalized spacial score (nSPS) is 14.3. The predicted octanol–water partition coefficient (Wildman–Crippen LogP) is 3.69.